The maximum atomic E-state index is 11.4. The van der Waals surface area contributed by atoms with E-state index in [-0.39, 0.29) is 16.6 Å². The molecule has 2 rings (SSSR count). The van der Waals surface area contributed by atoms with E-state index in [1.807, 2.05) is 26.8 Å². The van der Waals surface area contributed by atoms with Crippen molar-refractivity contribution in [1.29, 1.82) is 0 Å². The van der Waals surface area contributed by atoms with E-state index in [0.717, 1.165) is 5.39 Å². The molecule has 0 fully saturated rings. The normalized spacial score (nSPS) is 11.7. The summed E-state index contributed by atoms with van der Waals surface area (Å²) in [5.41, 5.74) is 1.37. The second kappa shape index (κ2) is 5.46. The highest BCUT2D eigenvalue weighted by molar-refractivity contribution is 6.58. The molecular weight excluding hydrogens is 269 g/mol. The number of hydrogen-bond donors (Lipinski definition) is 3. The van der Waals surface area contributed by atoms with Crippen LogP contribution in [-0.4, -0.2) is 33.2 Å². The molecule has 0 saturated heterocycles. The Bertz CT molecular complexity index is 692. The highest BCUT2D eigenvalue weighted by Gasteiger charge is 2.20. The molecule has 1 heterocycles. The number of carboxylic acid groups (broad SMARTS) is 1. The number of nitrogens with zero attached hydrogens (tertiary/aromatic N) is 1. The lowest BCUT2D eigenvalue weighted by Gasteiger charge is -2.19. The predicted molar refractivity (Wildman–Crippen MR) is 81.7 cm³/mol. The number of carboxylic acids is 1. The number of benzene rings is 1. The van der Waals surface area contributed by atoms with Crippen molar-refractivity contribution in [2.45, 2.75) is 27.2 Å². The first-order chi connectivity index (χ1) is 9.67. The van der Waals surface area contributed by atoms with Crippen molar-refractivity contribution >= 4 is 29.5 Å². The molecule has 6 heteroatoms. The molecular formula is C15H18BNO4. The topological polar surface area (TPSA) is 90.7 Å². The molecule has 0 amide bonds. The van der Waals surface area contributed by atoms with E-state index in [2.05, 4.69) is 4.98 Å². The Hall–Kier alpha value is -1.92. The summed E-state index contributed by atoms with van der Waals surface area (Å²) in [5, 5.41) is 28.5. The first-order valence-corrected chi connectivity index (χ1v) is 6.70. The lowest BCUT2D eigenvalue weighted by molar-refractivity contribution is 0.0689. The fourth-order valence-corrected chi connectivity index (χ4v) is 2.28. The summed E-state index contributed by atoms with van der Waals surface area (Å²) in [5.74, 6) is -1.08. The van der Waals surface area contributed by atoms with Crippen LogP contribution in [0.5, 0.6) is 0 Å². The van der Waals surface area contributed by atoms with Gasteiger partial charge in [0.2, 0.25) is 0 Å². The predicted octanol–water partition coefficient (Wildman–Crippen LogP) is 1.20. The molecule has 0 aliphatic heterocycles. The van der Waals surface area contributed by atoms with Gasteiger partial charge in [0.25, 0.3) is 0 Å². The van der Waals surface area contributed by atoms with Crippen molar-refractivity contribution in [1.82, 2.24) is 4.98 Å². The van der Waals surface area contributed by atoms with Crippen LogP contribution in [0.3, 0.4) is 0 Å². The van der Waals surface area contributed by atoms with Gasteiger partial charge in [-0.3, -0.25) is 0 Å². The molecule has 5 nitrogen and oxygen atoms in total. The van der Waals surface area contributed by atoms with Crippen molar-refractivity contribution in [3.8, 4) is 0 Å². The minimum Gasteiger partial charge on any atom is -0.477 e. The lowest BCUT2D eigenvalue weighted by Crippen LogP contribution is -2.29. The Morgan fingerprint density at radius 2 is 1.90 bits per heavy atom. The molecule has 0 atom stereocenters. The Labute approximate surface area is 123 Å². The van der Waals surface area contributed by atoms with E-state index in [1.165, 1.54) is 6.07 Å². The summed E-state index contributed by atoms with van der Waals surface area (Å²) < 4.78 is 0. The summed E-state index contributed by atoms with van der Waals surface area (Å²) in [6.45, 7) is 6.11. The van der Waals surface area contributed by atoms with E-state index in [9.17, 15) is 19.9 Å². The van der Waals surface area contributed by atoms with Gasteiger partial charge < -0.3 is 15.2 Å². The fourth-order valence-electron chi connectivity index (χ4n) is 2.28. The number of hydrogen-bond acceptors (Lipinski definition) is 4. The summed E-state index contributed by atoms with van der Waals surface area (Å²) in [7, 11) is -1.60. The smallest absolute Gasteiger partial charge is 0.477 e. The van der Waals surface area contributed by atoms with Crippen LogP contribution in [-0.2, 0) is 6.42 Å². The standard InChI is InChI=1S/C15H18BNO4/c1-15(2,3)8-10-6-9-4-5-11(16(20)21)7-12(9)17-13(10)14(18)19/h4-7,20-21H,8H2,1-3H3,(H,18,19). The zero-order valence-corrected chi connectivity index (χ0v) is 12.3. The van der Waals surface area contributed by atoms with Gasteiger partial charge in [-0.05, 0) is 35.0 Å². The second-order valence-electron chi connectivity index (χ2n) is 6.36. The molecule has 0 spiro atoms. The Balaban J connectivity index is 2.62. The molecule has 1 aromatic carbocycles. The van der Waals surface area contributed by atoms with Gasteiger partial charge in [-0.15, -0.1) is 0 Å². The van der Waals surface area contributed by atoms with Gasteiger partial charge in [0, 0.05) is 5.39 Å². The zero-order valence-electron chi connectivity index (χ0n) is 12.3. The SMILES string of the molecule is CC(C)(C)Cc1cc2ccc(B(O)O)cc2nc1C(=O)O. The molecule has 0 saturated carbocycles. The Morgan fingerprint density at radius 3 is 2.43 bits per heavy atom. The minimum absolute atomic E-state index is 0.0157. The minimum atomic E-state index is -1.60. The van der Waals surface area contributed by atoms with Crippen LogP contribution in [0.25, 0.3) is 10.9 Å². The summed E-state index contributed by atoms with van der Waals surface area (Å²) in [6.07, 6.45) is 0.599. The molecule has 0 aliphatic carbocycles. The second-order valence-corrected chi connectivity index (χ2v) is 6.36. The monoisotopic (exact) mass is 287 g/mol. The maximum absolute atomic E-state index is 11.4. The number of pyridine rings is 1. The van der Waals surface area contributed by atoms with Gasteiger partial charge in [-0.2, -0.15) is 0 Å². The van der Waals surface area contributed by atoms with Crippen LogP contribution >= 0.6 is 0 Å². The maximum Gasteiger partial charge on any atom is 0.488 e. The van der Waals surface area contributed by atoms with Gasteiger partial charge in [0.15, 0.2) is 5.69 Å². The van der Waals surface area contributed by atoms with Gasteiger partial charge >= 0.3 is 13.1 Å². The zero-order chi connectivity index (χ0) is 15.8. The molecule has 21 heavy (non-hydrogen) atoms. The van der Waals surface area contributed by atoms with Crippen LogP contribution < -0.4 is 5.46 Å². The van der Waals surface area contributed by atoms with Crippen LogP contribution in [0.4, 0.5) is 0 Å². The third kappa shape index (κ3) is 3.59. The van der Waals surface area contributed by atoms with E-state index in [0.29, 0.717) is 17.5 Å². The highest BCUT2D eigenvalue weighted by Crippen LogP contribution is 2.25. The first kappa shape index (κ1) is 15.5. The van der Waals surface area contributed by atoms with Gasteiger partial charge in [0.05, 0.1) is 5.52 Å². The van der Waals surface area contributed by atoms with E-state index in [1.54, 1.807) is 12.1 Å². The molecule has 110 valence electrons. The Morgan fingerprint density at radius 1 is 1.24 bits per heavy atom. The van der Waals surface area contributed by atoms with Crippen LogP contribution in [0, 0.1) is 5.41 Å². The largest absolute Gasteiger partial charge is 0.488 e. The number of rotatable bonds is 3. The average Bonchev–Trinajstić information content (AvgIpc) is 2.35. The van der Waals surface area contributed by atoms with Crippen molar-refractivity contribution < 1.29 is 19.9 Å². The molecule has 0 radical (unpaired) electrons. The molecule has 2 aromatic rings. The third-order valence-electron chi connectivity index (χ3n) is 3.14. The van der Waals surface area contributed by atoms with E-state index < -0.39 is 13.1 Å². The molecule has 0 aliphatic rings. The summed E-state index contributed by atoms with van der Waals surface area (Å²) in [4.78, 5) is 15.6. The highest BCUT2D eigenvalue weighted by atomic mass is 16.4. The molecule has 3 N–H and O–H groups in total. The summed E-state index contributed by atoms with van der Waals surface area (Å²) in [6, 6.07) is 6.61. The average molecular weight is 287 g/mol. The fraction of sp³-hybridized carbons (Fsp3) is 0.333. The Kier molecular flexibility index (Phi) is 4.03. The molecule has 1 aromatic heterocycles. The summed E-state index contributed by atoms with van der Waals surface area (Å²) >= 11 is 0. The van der Waals surface area contributed by atoms with Crippen molar-refractivity contribution in [3.05, 3.63) is 35.5 Å². The van der Waals surface area contributed by atoms with Crippen molar-refractivity contribution in [2.75, 3.05) is 0 Å². The van der Waals surface area contributed by atoms with E-state index >= 15 is 0 Å². The number of fused-ring (bicyclic) bond motifs is 1. The lowest BCUT2D eigenvalue weighted by atomic mass is 9.79. The van der Waals surface area contributed by atoms with Crippen molar-refractivity contribution in [2.24, 2.45) is 5.41 Å². The van der Waals surface area contributed by atoms with Gasteiger partial charge in [0.1, 0.15) is 0 Å². The third-order valence-corrected chi connectivity index (χ3v) is 3.14. The van der Waals surface area contributed by atoms with Gasteiger partial charge in [-0.25, -0.2) is 9.78 Å². The van der Waals surface area contributed by atoms with Crippen LogP contribution in [0.1, 0.15) is 36.8 Å². The number of carbonyl (C=O) groups is 1. The van der Waals surface area contributed by atoms with Crippen LogP contribution in [0.2, 0.25) is 0 Å². The van der Waals surface area contributed by atoms with Gasteiger partial charge in [-0.1, -0.05) is 32.9 Å². The van der Waals surface area contributed by atoms with Crippen LogP contribution in [0.15, 0.2) is 24.3 Å². The number of aromatic nitrogens is 1. The number of aromatic carboxylic acids is 1. The quantitative estimate of drug-likeness (QED) is 0.738. The van der Waals surface area contributed by atoms with E-state index in [4.69, 9.17) is 0 Å². The molecule has 0 bridgehead atoms. The first-order valence-electron chi connectivity index (χ1n) is 6.70. The van der Waals surface area contributed by atoms with Crippen molar-refractivity contribution in [3.63, 3.8) is 0 Å². The molecule has 0 unspecified atom stereocenters.